The van der Waals surface area contributed by atoms with Crippen LogP contribution in [0.1, 0.15) is 38.3 Å². The van der Waals surface area contributed by atoms with E-state index in [2.05, 4.69) is 15.8 Å². The van der Waals surface area contributed by atoms with Gasteiger partial charge >= 0.3 is 5.97 Å². The number of carbonyl (C=O) groups excluding carboxylic acids is 1. The Balaban J connectivity index is 1.77. The smallest absolute Gasteiger partial charge is 0.344 e. The van der Waals surface area contributed by atoms with E-state index in [4.69, 9.17) is 26.4 Å². The molecule has 7 nitrogen and oxygen atoms in total. The Kier molecular flexibility index (Phi) is 7.12. The van der Waals surface area contributed by atoms with E-state index < -0.39 is 11.6 Å². The number of para-hydroxylation sites is 1. The average molecular weight is 442 g/mol. The number of nitrogens with zero attached hydrogens (tertiary/aromatic N) is 1. The summed E-state index contributed by atoms with van der Waals surface area (Å²) in [6.07, 6.45) is 0.571. The molecule has 2 aromatic rings. The van der Waals surface area contributed by atoms with Crippen LogP contribution in [0.4, 0.5) is 5.69 Å². The van der Waals surface area contributed by atoms with Crippen LogP contribution in [-0.2, 0) is 9.53 Å². The highest BCUT2D eigenvalue weighted by atomic mass is 32.1. The van der Waals surface area contributed by atoms with Gasteiger partial charge in [0.15, 0.2) is 11.7 Å². The Hall–Kier alpha value is -3.13. The van der Waals surface area contributed by atoms with Crippen LogP contribution in [0, 0.1) is 6.92 Å². The van der Waals surface area contributed by atoms with E-state index in [0.29, 0.717) is 29.6 Å². The van der Waals surface area contributed by atoms with Gasteiger partial charge in [-0.3, -0.25) is 5.43 Å². The van der Waals surface area contributed by atoms with Crippen molar-refractivity contribution < 1.29 is 19.0 Å². The van der Waals surface area contributed by atoms with Crippen molar-refractivity contribution in [3.05, 3.63) is 53.6 Å². The molecule has 2 N–H and O–H groups in total. The predicted molar refractivity (Wildman–Crippen MR) is 125 cm³/mol. The van der Waals surface area contributed by atoms with Gasteiger partial charge in [-0.15, -0.1) is 0 Å². The highest BCUT2D eigenvalue weighted by molar-refractivity contribution is 7.80. The number of hydrogen-bond acceptors (Lipinski definition) is 6. The lowest BCUT2D eigenvalue weighted by Gasteiger charge is -2.33. The fraction of sp³-hybridized carbons (Fsp3) is 0.348. The first kappa shape index (κ1) is 22.6. The Bertz CT molecular complexity index is 1000. The number of esters is 1. The largest absolute Gasteiger partial charge is 0.487 e. The van der Waals surface area contributed by atoms with Crippen LogP contribution >= 0.6 is 12.2 Å². The summed E-state index contributed by atoms with van der Waals surface area (Å²) in [5.74, 6) is 0.808. The molecule has 0 aromatic heterocycles. The first-order valence-electron chi connectivity index (χ1n) is 10.1. The third-order valence-corrected chi connectivity index (χ3v) is 4.78. The van der Waals surface area contributed by atoms with Crippen LogP contribution < -0.4 is 20.2 Å². The van der Waals surface area contributed by atoms with Crippen molar-refractivity contribution in [2.45, 2.75) is 39.7 Å². The van der Waals surface area contributed by atoms with Crippen molar-refractivity contribution in [1.29, 1.82) is 0 Å². The van der Waals surface area contributed by atoms with Gasteiger partial charge in [-0.05, 0) is 69.7 Å². The van der Waals surface area contributed by atoms with Crippen LogP contribution in [0.15, 0.2) is 47.6 Å². The zero-order chi connectivity index (χ0) is 22.4. The van der Waals surface area contributed by atoms with Gasteiger partial charge in [-0.25, -0.2) is 4.79 Å². The summed E-state index contributed by atoms with van der Waals surface area (Å²) in [6, 6.07) is 13.3. The highest BCUT2D eigenvalue weighted by Gasteiger charge is 2.31. The van der Waals surface area contributed by atoms with Gasteiger partial charge in [0.05, 0.1) is 12.3 Å². The minimum absolute atomic E-state index is 0.159. The number of rotatable bonds is 6. The molecule has 0 amide bonds. The molecule has 0 saturated heterocycles. The molecule has 3 rings (SSSR count). The molecule has 0 fully saturated rings. The van der Waals surface area contributed by atoms with E-state index >= 15 is 0 Å². The number of thiocarbonyl (C=S) groups is 1. The second kappa shape index (κ2) is 9.78. The van der Waals surface area contributed by atoms with Gasteiger partial charge in [0, 0.05) is 17.7 Å². The summed E-state index contributed by atoms with van der Waals surface area (Å²) in [7, 11) is 0. The summed E-state index contributed by atoms with van der Waals surface area (Å²) in [4.78, 5) is 11.6. The molecule has 1 heterocycles. The number of nitrogens with one attached hydrogen (secondary N) is 2. The minimum atomic E-state index is -0.425. The molecule has 0 aliphatic carbocycles. The maximum absolute atomic E-state index is 11.6. The van der Waals surface area contributed by atoms with E-state index in [-0.39, 0.29) is 6.61 Å². The molecule has 0 atom stereocenters. The minimum Gasteiger partial charge on any atom is -0.487 e. The summed E-state index contributed by atoms with van der Waals surface area (Å²) in [5, 5.41) is 8.10. The Morgan fingerprint density at radius 2 is 2.03 bits per heavy atom. The number of anilines is 1. The van der Waals surface area contributed by atoms with Crippen molar-refractivity contribution in [3.8, 4) is 11.5 Å². The van der Waals surface area contributed by atoms with Crippen molar-refractivity contribution in [1.82, 2.24) is 5.43 Å². The number of aryl methyl sites for hydroxylation is 1. The molecule has 164 valence electrons. The number of ether oxygens (including phenoxy) is 3. The molecule has 0 unspecified atom stereocenters. The molecule has 1 aliphatic heterocycles. The summed E-state index contributed by atoms with van der Waals surface area (Å²) < 4.78 is 16.5. The lowest BCUT2D eigenvalue weighted by atomic mass is 9.92. The maximum atomic E-state index is 11.6. The van der Waals surface area contributed by atoms with Crippen LogP contribution in [0.5, 0.6) is 11.5 Å². The van der Waals surface area contributed by atoms with Gasteiger partial charge in [0.25, 0.3) is 0 Å². The number of carbonyl (C=O) groups is 1. The second-order valence-electron chi connectivity index (χ2n) is 7.73. The van der Waals surface area contributed by atoms with E-state index in [1.165, 1.54) is 0 Å². The first-order chi connectivity index (χ1) is 14.8. The third kappa shape index (κ3) is 6.18. The molecular formula is C23H27N3O4S. The Morgan fingerprint density at radius 1 is 1.26 bits per heavy atom. The Morgan fingerprint density at radius 3 is 2.77 bits per heavy atom. The zero-order valence-electron chi connectivity index (χ0n) is 18.2. The fourth-order valence-electron chi connectivity index (χ4n) is 3.17. The first-order valence-corrected chi connectivity index (χ1v) is 10.5. The number of hydrogen-bond donors (Lipinski definition) is 2. The molecule has 1 aliphatic rings. The fourth-order valence-corrected chi connectivity index (χ4v) is 3.33. The molecular weight excluding hydrogens is 414 g/mol. The highest BCUT2D eigenvalue weighted by Crippen LogP contribution is 2.35. The van der Waals surface area contributed by atoms with Gasteiger partial charge in [0.1, 0.15) is 17.1 Å². The zero-order valence-corrected chi connectivity index (χ0v) is 19.0. The van der Waals surface area contributed by atoms with Gasteiger partial charge < -0.3 is 19.5 Å². The molecule has 8 heteroatoms. The number of hydrazone groups is 1. The van der Waals surface area contributed by atoms with E-state index in [1.807, 2.05) is 57.2 Å². The summed E-state index contributed by atoms with van der Waals surface area (Å²) >= 11 is 5.40. The SMILES string of the molecule is CCOC(=O)COc1ccc2c(c1)/C(=N\NC(=S)Nc1ccccc1C)CC(C)(C)O2. The molecule has 0 saturated carbocycles. The lowest BCUT2D eigenvalue weighted by molar-refractivity contribution is -0.145. The summed E-state index contributed by atoms with van der Waals surface area (Å²) in [5.41, 5.74) is 6.07. The molecule has 0 spiro atoms. The van der Waals surface area contributed by atoms with E-state index in [0.717, 1.165) is 22.5 Å². The van der Waals surface area contributed by atoms with Gasteiger partial charge in [0.2, 0.25) is 0 Å². The number of benzene rings is 2. The van der Waals surface area contributed by atoms with Gasteiger partial charge in [-0.1, -0.05) is 18.2 Å². The number of fused-ring (bicyclic) bond motifs is 1. The normalized spacial score (nSPS) is 15.4. The third-order valence-electron chi connectivity index (χ3n) is 4.59. The van der Waals surface area contributed by atoms with E-state index in [9.17, 15) is 4.79 Å². The molecule has 2 aromatic carbocycles. The maximum Gasteiger partial charge on any atom is 0.344 e. The average Bonchev–Trinajstić information content (AvgIpc) is 2.72. The quantitative estimate of drug-likeness (QED) is 0.395. The molecule has 0 radical (unpaired) electrons. The Labute approximate surface area is 187 Å². The van der Waals surface area contributed by atoms with Crippen molar-refractivity contribution in [2.75, 3.05) is 18.5 Å². The summed E-state index contributed by atoms with van der Waals surface area (Å²) in [6.45, 7) is 7.92. The lowest BCUT2D eigenvalue weighted by Crippen LogP contribution is -2.37. The predicted octanol–water partition coefficient (Wildman–Crippen LogP) is 4.19. The second-order valence-corrected chi connectivity index (χ2v) is 8.14. The van der Waals surface area contributed by atoms with Crippen LogP contribution in [0.25, 0.3) is 0 Å². The van der Waals surface area contributed by atoms with E-state index in [1.54, 1.807) is 13.0 Å². The van der Waals surface area contributed by atoms with Crippen LogP contribution in [0.2, 0.25) is 0 Å². The standard InChI is InChI=1S/C23H27N3O4S/c1-5-28-21(27)14-29-16-10-11-20-17(12-16)19(13-23(3,4)30-20)25-26-22(31)24-18-9-7-6-8-15(18)2/h6-12H,5,13-14H2,1-4H3,(H2,24,26,31)/b25-19-. The topological polar surface area (TPSA) is 81.2 Å². The molecule has 0 bridgehead atoms. The van der Waals surface area contributed by atoms with Crippen molar-refractivity contribution in [3.63, 3.8) is 0 Å². The van der Waals surface area contributed by atoms with Gasteiger partial charge in [-0.2, -0.15) is 5.10 Å². The van der Waals surface area contributed by atoms with Crippen LogP contribution in [-0.4, -0.2) is 35.6 Å². The molecule has 31 heavy (non-hydrogen) atoms. The monoisotopic (exact) mass is 441 g/mol. The van der Waals surface area contributed by atoms with Crippen LogP contribution in [0.3, 0.4) is 0 Å². The van der Waals surface area contributed by atoms with Crippen molar-refractivity contribution in [2.24, 2.45) is 5.10 Å². The van der Waals surface area contributed by atoms with Crippen molar-refractivity contribution >= 4 is 34.7 Å².